The molecule has 0 aliphatic rings. The topological polar surface area (TPSA) is 51.8 Å². The SMILES string of the molecule is c1ccc2cc(-c3ccc(-c4nc(-c5ccc(-c6cccc7ccccc67)cc5)nc(-c5cccc6ccc7c8ccccc8oc7c56)n4)cc3)ccc2c1. The predicted molar refractivity (Wildman–Crippen MR) is 227 cm³/mol. The van der Waals surface area contributed by atoms with Gasteiger partial charge in [0, 0.05) is 32.8 Å². The number of furan rings is 1. The number of nitrogens with zero attached hydrogens (tertiary/aromatic N) is 3. The molecule has 0 saturated heterocycles. The summed E-state index contributed by atoms with van der Waals surface area (Å²) in [7, 11) is 0. The molecule has 0 fully saturated rings. The second-order valence-corrected chi connectivity index (χ2v) is 14.0. The van der Waals surface area contributed by atoms with E-state index < -0.39 is 0 Å². The molecular weight excluding hydrogens is 671 g/mol. The standard InChI is InChI=1S/C51H31N3O/c1-2-11-39-31-40(28-21-32(39)9-1)33-19-24-37(25-20-33)49-52-50(38-26-22-35(23-27-38)42-16-7-12-34-10-3-4-14-41(34)42)54-51(53-49)45-17-8-13-36-29-30-44-43-15-5-6-18-46(43)55-48(44)47(36)45/h1-31H. The van der Waals surface area contributed by atoms with Gasteiger partial charge in [0.05, 0.1) is 0 Å². The molecule has 2 heterocycles. The molecule has 2 aromatic heterocycles. The molecule has 0 amide bonds. The van der Waals surface area contributed by atoms with Crippen molar-refractivity contribution in [3.05, 3.63) is 188 Å². The monoisotopic (exact) mass is 701 g/mol. The minimum absolute atomic E-state index is 0.593. The molecule has 0 N–H and O–H groups in total. The highest BCUT2D eigenvalue weighted by molar-refractivity contribution is 6.18. The Hall–Kier alpha value is -7.43. The number of hydrogen-bond donors (Lipinski definition) is 0. The molecule has 0 aliphatic heterocycles. The summed E-state index contributed by atoms with van der Waals surface area (Å²) in [5.74, 6) is 1.81. The third-order valence-electron chi connectivity index (χ3n) is 10.7. The van der Waals surface area contributed by atoms with Crippen LogP contribution >= 0.6 is 0 Å². The van der Waals surface area contributed by atoms with E-state index in [-0.39, 0.29) is 0 Å². The first kappa shape index (κ1) is 31.1. The van der Waals surface area contributed by atoms with Gasteiger partial charge in [-0.15, -0.1) is 0 Å². The zero-order valence-electron chi connectivity index (χ0n) is 29.6. The van der Waals surface area contributed by atoms with E-state index in [2.05, 4.69) is 176 Å². The van der Waals surface area contributed by atoms with Crippen LogP contribution in [0, 0.1) is 0 Å². The highest BCUT2D eigenvalue weighted by atomic mass is 16.3. The molecule has 4 heteroatoms. The van der Waals surface area contributed by atoms with Gasteiger partial charge in [-0.1, -0.05) is 170 Å². The van der Waals surface area contributed by atoms with E-state index in [9.17, 15) is 0 Å². The lowest BCUT2D eigenvalue weighted by Crippen LogP contribution is -2.00. The Balaban J connectivity index is 1.07. The van der Waals surface area contributed by atoms with Crippen LogP contribution in [0.25, 0.3) is 111 Å². The van der Waals surface area contributed by atoms with E-state index in [0.29, 0.717) is 17.5 Å². The normalized spacial score (nSPS) is 11.6. The van der Waals surface area contributed by atoms with Crippen molar-refractivity contribution in [2.45, 2.75) is 0 Å². The smallest absolute Gasteiger partial charge is 0.164 e. The summed E-state index contributed by atoms with van der Waals surface area (Å²) in [5.41, 5.74) is 9.04. The van der Waals surface area contributed by atoms with Gasteiger partial charge in [0.2, 0.25) is 0 Å². The average molecular weight is 702 g/mol. The molecule has 0 spiro atoms. The maximum absolute atomic E-state index is 6.55. The largest absolute Gasteiger partial charge is 0.455 e. The molecule has 0 saturated carbocycles. The summed E-state index contributed by atoms with van der Waals surface area (Å²) < 4.78 is 6.55. The van der Waals surface area contributed by atoms with Crippen LogP contribution in [0.3, 0.4) is 0 Å². The summed E-state index contributed by atoms with van der Waals surface area (Å²) in [5, 5.41) is 9.09. The Kier molecular flexibility index (Phi) is 7.14. The zero-order chi connectivity index (χ0) is 36.3. The fraction of sp³-hybridized carbons (Fsp3) is 0. The number of benzene rings is 9. The van der Waals surface area contributed by atoms with Crippen LogP contribution in [0.4, 0.5) is 0 Å². The van der Waals surface area contributed by atoms with Gasteiger partial charge in [-0.25, -0.2) is 15.0 Å². The highest BCUT2D eigenvalue weighted by Crippen LogP contribution is 2.39. The Morgan fingerprint density at radius 2 is 0.855 bits per heavy atom. The summed E-state index contributed by atoms with van der Waals surface area (Å²) in [6, 6.07) is 65.8. The van der Waals surface area contributed by atoms with Crippen LogP contribution in [-0.4, -0.2) is 15.0 Å². The van der Waals surface area contributed by atoms with Crippen molar-refractivity contribution in [1.82, 2.24) is 15.0 Å². The van der Waals surface area contributed by atoms with Crippen molar-refractivity contribution in [3.8, 4) is 56.4 Å². The van der Waals surface area contributed by atoms with Crippen molar-refractivity contribution < 1.29 is 4.42 Å². The summed E-state index contributed by atoms with van der Waals surface area (Å²) in [6.07, 6.45) is 0. The van der Waals surface area contributed by atoms with Gasteiger partial charge in [-0.3, -0.25) is 0 Å². The molecule has 256 valence electrons. The van der Waals surface area contributed by atoms with Gasteiger partial charge < -0.3 is 4.42 Å². The van der Waals surface area contributed by atoms with Gasteiger partial charge >= 0.3 is 0 Å². The Bertz CT molecular complexity index is 3250. The molecule has 0 bridgehead atoms. The summed E-state index contributed by atoms with van der Waals surface area (Å²) in [6.45, 7) is 0. The first-order valence-electron chi connectivity index (χ1n) is 18.5. The van der Waals surface area contributed by atoms with Crippen molar-refractivity contribution >= 4 is 54.3 Å². The van der Waals surface area contributed by atoms with E-state index in [1.54, 1.807) is 0 Å². The fourth-order valence-corrected chi connectivity index (χ4v) is 7.95. The number of hydrogen-bond acceptors (Lipinski definition) is 4. The van der Waals surface area contributed by atoms with Gasteiger partial charge in [0.15, 0.2) is 17.5 Å². The third-order valence-corrected chi connectivity index (χ3v) is 10.7. The van der Waals surface area contributed by atoms with Crippen LogP contribution < -0.4 is 0 Å². The first-order valence-corrected chi connectivity index (χ1v) is 18.5. The number of para-hydroxylation sites is 1. The van der Waals surface area contributed by atoms with Crippen LogP contribution in [0.5, 0.6) is 0 Å². The van der Waals surface area contributed by atoms with Gasteiger partial charge in [0.25, 0.3) is 0 Å². The van der Waals surface area contributed by atoms with E-state index in [1.165, 1.54) is 32.7 Å². The van der Waals surface area contributed by atoms with Crippen molar-refractivity contribution in [2.24, 2.45) is 0 Å². The van der Waals surface area contributed by atoms with Crippen LogP contribution in [0.1, 0.15) is 0 Å². The minimum Gasteiger partial charge on any atom is -0.455 e. The third kappa shape index (κ3) is 5.34. The highest BCUT2D eigenvalue weighted by Gasteiger charge is 2.19. The lowest BCUT2D eigenvalue weighted by molar-refractivity contribution is 0.672. The van der Waals surface area contributed by atoms with Gasteiger partial charge in [-0.2, -0.15) is 0 Å². The fourth-order valence-electron chi connectivity index (χ4n) is 7.95. The maximum atomic E-state index is 6.55. The molecule has 11 rings (SSSR count). The Labute approximate surface area is 317 Å². The lowest BCUT2D eigenvalue weighted by atomic mass is 9.97. The quantitative estimate of drug-likeness (QED) is 0.179. The second-order valence-electron chi connectivity index (χ2n) is 14.0. The molecule has 0 radical (unpaired) electrons. The number of fused-ring (bicyclic) bond motifs is 7. The zero-order valence-corrected chi connectivity index (χ0v) is 29.6. The second kappa shape index (κ2) is 12.6. The van der Waals surface area contributed by atoms with Crippen LogP contribution in [0.15, 0.2) is 192 Å². The first-order chi connectivity index (χ1) is 27.2. The molecule has 0 unspecified atom stereocenters. The van der Waals surface area contributed by atoms with Crippen molar-refractivity contribution in [1.29, 1.82) is 0 Å². The molecular formula is C51H31N3O. The molecule has 11 aromatic rings. The number of rotatable bonds is 5. The molecule has 0 atom stereocenters. The molecule has 9 aromatic carbocycles. The van der Waals surface area contributed by atoms with Crippen molar-refractivity contribution in [3.63, 3.8) is 0 Å². The predicted octanol–water partition coefficient (Wildman–Crippen LogP) is 13.6. The molecule has 55 heavy (non-hydrogen) atoms. The van der Waals surface area contributed by atoms with Crippen molar-refractivity contribution in [2.75, 3.05) is 0 Å². The minimum atomic E-state index is 0.593. The number of aromatic nitrogens is 3. The summed E-state index contributed by atoms with van der Waals surface area (Å²) in [4.78, 5) is 15.5. The van der Waals surface area contributed by atoms with Gasteiger partial charge in [0.1, 0.15) is 11.2 Å². The molecule has 0 aliphatic carbocycles. The van der Waals surface area contributed by atoms with E-state index in [1.807, 2.05) is 12.1 Å². The van der Waals surface area contributed by atoms with Gasteiger partial charge in [-0.05, 0) is 67.4 Å². The average Bonchev–Trinajstić information content (AvgIpc) is 3.65. The summed E-state index contributed by atoms with van der Waals surface area (Å²) >= 11 is 0. The maximum Gasteiger partial charge on any atom is 0.164 e. The Morgan fingerprint density at radius 1 is 0.309 bits per heavy atom. The van der Waals surface area contributed by atoms with E-state index in [0.717, 1.165) is 60.5 Å². The Morgan fingerprint density at radius 3 is 1.64 bits per heavy atom. The van der Waals surface area contributed by atoms with Crippen LogP contribution in [-0.2, 0) is 0 Å². The van der Waals surface area contributed by atoms with Crippen LogP contribution in [0.2, 0.25) is 0 Å². The van der Waals surface area contributed by atoms with E-state index in [4.69, 9.17) is 19.4 Å². The van der Waals surface area contributed by atoms with E-state index >= 15 is 0 Å². The molecule has 4 nitrogen and oxygen atoms in total. The lowest BCUT2D eigenvalue weighted by Gasteiger charge is -2.12.